The molecule has 0 radical (unpaired) electrons. The fourth-order valence-electron chi connectivity index (χ4n) is 5.12. The standard InChI is InChI=1S/C43H71NO6P/c1-3-5-7-9-11-13-15-17-19-20-21-22-23-24-26-28-30-32-34-36-43(45)50-42(41-49-51(46)44-37-39-48-51)40-47-38-35-33-31-29-27-25-18-16-14-12-10-8-6-4-2/h5,7,11,13,17,19,21-22,24,26,30,32,35,37-39,42,44,46H,3-4,6,8-10,12,14-16,18,20,23,25,27-29,31,33-34,36,40-41H2,1-2H3/q+1. The van der Waals surface area contributed by atoms with Crippen molar-refractivity contribution in [1.82, 2.24) is 5.09 Å². The normalized spacial score (nSPS) is 17.0. The molecule has 1 heterocycles. The number of nitrogens with one attached hydrogen (secondary N) is 1. The first-order valence-electron chi connectivity index (χ1n) is 19.8. The van der Waals surface area contributed by atoms with E-state index in [-0.39, 0.29) is 25.6 Å². The summed E-state index contributed by atoms with van der Waals surface area (Å²) in [5.41, 5.74) is 0. The maximum absolute atomic E-state index is 12.6. The van der Waals surface area contributed by atoms with Crippen LogP contribution in [-0.2, 0) is 23.3 Å². The topological polar surface area (TPSA) is 86.3 Å². The Labute approximate surface area is 312 Å². The maximum Gasteiger partial charge on any atom is 0.570 e. The summed E-state index contributed by atoms with van der Waals surface area (Å²) in [6.45, 7) is 4.51. The molecule has 0 spiro atoms. The van der Waals surface area contributed by atoms with Gasteiger partial charge in [-0.3, -0.25) is 9.32 Å². The Bertz CT molecular complexity index is 1050. The van der Waals surface area contributed by atoms with Gasteiger partial charge in [-0.15, -0.1) is 4.52 Å². The summed E-state index contributed by atoms with van der Waals surface area (Å²) in [6, 6.07) is 0. The Kier molecular flexibility index (Phi) is 32.2. The number of hydrogen-bond donors (Lipinski definition) is 2. The molecule has 0 aromatic rings. The van der Waals surface area contributed by atoms with E-state index >= 15 is 0 Å². The van der Waals surface area contributed by atoms with Crippen LogP contribution in [0.4, 0.5) is 0 Å². The van der Waals surface area contributed by atoms with E-state index in [0.29, 0.717) is 6.42 Å². The third-order valence-corrected chi connectivity index (χ3v) is 9.44. The van der Waals surface area contributed by atoms with Crippen LogP contribution in [0.2, 0.25) is 0 Å². The maximum atomic E-state index is 12.6. The average molecular weight is 729 g/mol. The van der Waals surface area contributed by atoms with Gasteiger partial charge in [0.1, 0.15) is 13.2 Å². The third kappa shape index (κ3) is 31.6. The monoisotopic (exact) mass is 729 g/mol. The molecule has 0 bridgehead atoms. The highest BCUT2D eigenvalue weighted by Crippen LogP contribution is 2.55. The molecule has 1 aliphatic rings. The van der Waals surface area contributed by atoms with Crippen molar-refractivity contribution in [3.05, 3.63) is 97.7 Å². The third-order valence-electron chi connectivity index (χ3n) is 8.05. The Balaban J connectivity index is 2.20. The molecule has 288 valence electrons. The summed E-state index contributed by atoms with van der Waals surface area (Å²) in [4.78, 5) is 22.9. The predicted octanol–water partition coefficient (Wildman–Crippen LogP) is 12.8. The van der Waals surface area contributed by atoms with Crippen LogP contribution in [0.5, 0.6) is 0 Å². The van der Waals surface area contributed by atoms with Gasteiger partial charge in [0.05, 0.1) is 12.5 Å². The lowest BCUT2D eigenvalue weighted by atomic mass is 10.0. The number of ether oxygens (including phenoxy) is 2. The van der Waals surface area contributed by atoms with Crippen molar-refractivity contribution in [1.29, 1.82) is 0 Å². The summed E-state index contributed by atoms with van der Waals surface area (Å²) in [5.74, 6) is -0.337. The summed E-state index contributed by atoms with van der Waals surface area (Å²) in [5, 5.41) is 2.68. The summed E-state index contributed by atoms with van der Waals surface area (Å²) >= 11 is 0. The zero-order valence-electron chi connectivity index (χ0n) is 32.0. The van der Waals surface area contributed by atoms with Crippen molar-refractivity contribution in [2.75, 3.05) is 13.2 Å². The summed E-state index contributed by atoms with van der Waals surface area (Å²) in [7, 11) is -3.21. The van der Waals surface area contributed by atoms with E-state index in [9.17, 15) is 9.69 Å². The molecule has 8 heteroatoms. The molecule has 0 aromatic carbocycles. The highest BCUT2D eigenvalue weighted by molar-refractivity contribution is 7.58. The lowest BCUT2D eigenvalue weighted by Crippen LogP contribution is -2.28. The van der Waals surface area contributed by atoms with Gasteiger partial charge in [-0.2, -0.15) is 9.98 Å². The second-order valence-corrected chi connectivity index (χ2v) is 14.6. The molecule has 2 atom stereocenters. The van der Waals surface area contributed by atoms with Crippen molar-refractivity contribution >= 4 is 14.1 Å². The second-order valence-electron chi connectivity index (χ2n) is 12.8. The number of unbranched alkanes of at least 4 members (excludes halogenated alkanes) is 12. The number of hydrogen-bond acceptors (Lipinski definition) is 7. The van der Waals surface area contributed by atoms with E-state index in [1.54, 1.807) is 6.26 Å². The lowest BCUT2D eigenvalue weighted by molar-refractivity contribution is -0.153. The van der Waals surface area contributed by atoms with Crippen LogP contribution in [0.3, 0.4) is 0 Å². The zero-order chi connectivity index (χ0) is 36.8. The van der Waals surface area contributed by atoms with E-state index in [0.717, 1.165) is 51.4 Å². The molecule has 0 aliphatic carbocycles. The Morgan fingerprint density at radius 2 is 1.18 bits per heavy atom. The average Bonchev–Trinajstić information content (AvgIpc) is 3.57. The number of rotatable bonds is 34. The van der Waals surface area contributed by atoms with Gasteiger partial charge < -0.3 is 9.47 Å². The quantitative estimate of drug-likeness (QED) is 0.0224. The van der Waals surface area contributed by atoms with E-state index in [2.05, 4.69) is 85.8 Å². The van der Waals surface area contributed by atoms with E-state index < -0.39 is 14.2 Å². The first-order valence-corrected chi connectivity index (χ1v) is 21.4. The molecule has 51 heavy (non-hydrogen) atoms. The lowest BCUT2D eigenvalue weighted by Gasteiger charge is -2.18. The van der Waals surface area contributed by atoms with Crippen LogP contribution in [0.1, 0.15) is 149 Å². The minimum absolute atomic E-state index is 0.0445. The first-order chi connectivity index (χ1) is 25.1. The highest BCUT2D eigenvalue weighted by atomic mass is 31.2. The van der Waals surface area contributed by atoms with Gasteiger partial charge in [-0.1, -0.05) is 157 Å². The molecular weight excluding hydrogens is 657 g/mol. The molecule has 0 fully saturated rings. The largest absolute Gasteiger partial charge is 0.570 e. The fraction of sp³-hybridized carbons (Fsp3) is 0.605. The van der Waals surface area contributed by atoms with Crippen LogP contribution < -0.4 is 5.09 Å². The van der Waals surface area contributed by atoms with Crippen LogP contribution in [0, 0.1) is 0 Å². The Morgan fingerprint density at radius 3 is 1.69 bits per heavy atom. The fourth-order valence-corrected chi connectivity index (χ4v) is 6.16. The number of carbonyl (C=O) groups is 1. The van der Waals surface area contributed by atoms with Crippen LogP contribution >= 0.6 is 8.09 Å². The van der Waals surface area contributed by atoms with Crippen molar-refractivity contribution in [3.8, 4) is 0 Å². The van der Waals surface area contributed by atoms with Crippen molar-refractivity contribution in [2.45, 2.75) is 155 Å². The van der Waals surface area contributed by atoms with Gasteiger partial charge in [0.15, 0.2) is 12.4 Å². The van der Waals surface area contributed by atoms with E-state index in [4.69, 9.17) is 18.5 Å². The Hall–Kier alpha value is -2.86. The zero-order valence-corrected chi connectivity index (χ0v) is 32.9. The molecule has 0 saturated carbocycles. The molecule has 2 N–H and O–H groups in total. The smallest absolute Gasteiger partial charge is 0.498 e. The summed E-state index contributed by atoms with van der Waals surface area (Å²) < 4.78 is 22.0. The molecule has 1 aliphatic heterocycles. The molecule has 1 rings (SSSR count). The van der Waals surface area contributed by atoms with Gasteiger partial charge in [-0.25, -0.2) is 0 Å². The molecule has 0 saturated heterocycles. The molecular formula is C43H71NO6P+. The second kappa shape index (κ2) is 35.5. The first kappa shape index (κ1) is 46.2. The number of esters is 1. The Morgan fingerprint density at radius 1 is 0.667 bits per heavy atom. The number of allylic oxidation sites excluding steroid dienone is 13. The van der Waals surface area contributed by atoms with Gasteiger partial charge in [0, 0.05) is 6.42 Å². The van der Waals surface area contributed by atoms with Gasteiger partial charge in [0.25, 0.3) is 0 Å². The van der Waals surface area contributed by atoms with Gasteiger partial charge >= 0.3 is 14.1 Å². The molecule has 2 unspecified atom stereocenters. The summed E-state index contributed by atoms with van der Waals surface area (Å²) in [6.07, 6.45) is 55.3. The van der Waals surface area contributed by atoms with Gasteiger partial charge in [-0.05, 0) is 63.9 Å². The van der Waals surface area contributed by atoms with E-state index in [1.807, 2.05) is 12.2 Å². The minimum Gasteiger partial charge on any atom is -0.498 e. The molecule has 0 aromatic heterocycles. The molecule has 7 nitrogen and oxygen atoms in total. The number of carbonyl (C=O) groups excluding carboxylic acids is 1. The van der Waals surface area contributed by atoms with Crippen molar-refractivity contribution < 1.29 is 28.2 Å². The van der Waals surface area contributed by atoms with Crippen LogP contribution in [0.25, 0.3) is 0 Å². The van der Waals surface area contributed by atoms with Crippen molar-refractivity contribution in [2.24, 2.45) is 0 Å². The van der Waals surface area contributed by atoms with Crippen LogP contribution in [0.15, 0.2) is 97.7 Å². The van der Waals surface area contributed by atoms with Crippen molar-refractivity contribution in [3.63, 3.8) is 0 Å². The van der Waals surface area contributed by atoms with E-state index in [1.165, 1.54) is 83.1 Å². The van der Waals surface area contributed by atoms with Gasteiger partial charge in [0.2, 0.25) is 0 Å². The molecule has 0 amide bonds. The highest BCUT2D eigenvalue weighted by Gasteiger charge is 2.45. The SMILES string of the molecule is CCC=CCC=CCC=CCC=CCC=CCC=CCCC(=O)OC(COC=CCCCCCCCCCCCCCC)CO[P+]1(O)NC=CO1. The van der Waals surface area contributed by atoms with Crippen LogP contribution in [-0.4, -0.2) is 30.2 Å². The minimum atomic E-state index is -3.21. The predicted molar refractivity (Wildman–Crippen MR) is 217 cm³/mol.